The van der Waals surface area contributed by atoms with Crippen molar-refractivity contribution in [3.63, 3.8) is 0 Å². The molecule has 12 rings (SSSR count). The predicted octanol–water partition coefficient (Wildman–Crippen LogP) is 16.3. The average Bonchev–Trinajstić information content (AvgIpc) is 4.00. The molecule has 3 aromatic heterocycles. The molecule has 0 aliphatic heterocycles. The molecular weight excluding hydrogens is 727 g/mol. The molecule has 0 N–H and O–H groups in total. The van der Waals surface area contributed by atoms with Gasteiger partial charge in [0.05, 0.1) is 27.8 Å². The molecule has 58 heavy (non-hydrogen) atoms. The third-order valence-corrected chi connectivity index (χ3v) is 12.6. The van der Waals surface area contributed by atoms with Crippen LogP contribution in [0.3, 0.4) is 0 Å². The summed E-state index contributed by atoms with van der Waals surface area (Å²) < 4.78 is 16.4. The predicted molar refractivity (Wildman–Crippen MR) is 245 cm³/mol. The van der Waals surface area contributed by atoms with E-state index in [2.05, 4.69) is 205 Å². The highest BCUT2D eigenvalue weighted by Gasteiger charge is 2.29. The van der Waals surface area contributed by atoms with E-state index < -0.39 is 0 Å². The van der Waals surface area contributed by atoms with Crippen LogP contribution in [0.1, 0.15) is 0 Å². The molecule has 272 valence electrons. The molecule has 3 nitrogen and oxygen atoms in total. The third-order valence-electron chi connectivity index (χ3n) is 11.5. The highest BCUT2D eigenvalue weighted by atomic mass is 32.1. The van der Waals surface area contributed by atoms with Gasteiger partial charge in [0.2, 0.25) is 0 Å². The zero-order chi connectivity index (χ0) is 38.2. The number of anilines is 3. The van der Waals surface area contributed by atoms with Gasteiger partial charge in [0, 0.05) is 47.6 Å². The standard InChI is InChI=1S/C54H33NO2S/c1-4-16-34(17-5-1)37-31-33-46-51(42-25-14-24-38(53(42)57-46)35-18-6-2-7-19-35)52(37)55(43-26-15-29-48-49(43)41-23-11-13-28-47(41)58-48)44-32-30-39(36-20-8-3-9-21-36)54-50(44)40-22-10-12-27-45(40)56-54/h1-33H. The van der Waals surface area contributed by atoms with Crippen LogP contribution < -0.4 is 4.90 Å². The van der Waals surface area contributed by atoms with Crippen LogP contribution in [0, 0.1) is 0 Å². The first-order valence-corrected chi connectivity index (χ1v) is 20.4. The Balaban J connectivity index is 1.29. The Hall–Kier alpha value is -7.40. The Morgan fingerprint density at radius 1 is 0.328 bits per heavy atom. The summed E-state index contributed by atoms with van der Waals surface area (Å²) >= 11 is 1.84. The van der Waals surface area contributed by atoms with Crippen LogP contribution in [0.5, 0.6) is 0 Å². The molecule has 4 heteroatoms. The maximum absolute atomic E-state index is 7.01. The molecule has 0 saturated heterocycles. The van der Waals surface area contributed by atoms with Crippen molar-refractivity contribution in [2.24, 2.45) is 0 Å². The fourth-order valence-corrected chi connectivity index (χ4v) is 10.1. The van der Waals surface area contributed by atoms with Crippen molar-refractivity contribution in [2.45, 2.75) is 0 Å². The molecule has 0 saturated carbocycles. The number of hydrogen-bond acceptors (Lipinski definition) is 4. The second-order valence-corrected chi connectivity index (χ2v) is 15.8. The lowest BCUT2D eigenvalue weighted by Crippen LogP contribution is -2.13. The van der Waals surface area contributed by atoms with Crippen molar-refractivity contribution in [1.82, 2.24) is 0 Å². The zero-order valence-corrected chi connectivity index (χ0v) is 32.0. The Morgan fingerprint density at radius 2 is 0.879 bits per heavy atom. The number of hydrogen-bond donors (Lipinski definition) is 0. The van der Waals surface area contributed by atoms with Crippen molar-refractivity contribution in [1.29, 1.82) is 0 Å². The number of rotatable bonds is 6. The van der Waals surface area contributed by atoms with Crippen LogP contribution in [-0.4, -0.2) is 0 Å². The fraction of sp³-hybridized carbons (Fsp3) is 0. The molecule has 0 atom stereocenters. The highest BCUT2D eigenvalue weighted by molar-refractivity contribution is 7.26. The summed E-state index contributed by atoms with van der Waals surface area (Å²) in [6, 6.07) is 71.3. The van der Waals surface area contributed by atoms with Gasteiger partial charge in [-0.05, 0) is 65.2 Å². The van der Waals surface area contributed by atoms with Gasteiger partial charge in [-0.3, -0.25) is 0 Å². The van der Waals surface area contributed by atoms with E-state index in [-0.39, 0.29) is 0 Å². The normalized spacial score (nSPS) is 11.8. The van der Waals surface area contributed by atoms with Gasteiger partial charge in [-0.2, -0.15) is 0 Å². The van der Waals surface area contributed by atoms with Gasteiger partial charge in [0.25, 0.3) is 0 Å². The quantitative estimate of drug-likeness (QED) is 0.169. The van der Waals surface area contributed by atoms with Crippen LogP contribution in [-0.2, 0) is 0 Å². The van der Waals surface area contributed by atoms with E-state index in [1.54, 1.807) is 0 Å². The first kappa shape index (κ1) is 32.8. The Labute approximate surface area is 338 Å². The fourth-order valence-electron chi connectivity index (χ4n) is 8.95. The largest absolute Gasteiger partial charge is 0.455 e. The molecule has 3 heterocycles. The minimum Gasteiger partial charge on any atom is -0.455 e. The minimum absolute atomic E-state index is 0.828. The molecule has 0 aliphatic rings. The van der Waals surface area contributed by atoms with E-state index in [0.29, 0.717) is 0 Å². The van der Waals surface area contributed by atoms with E-state index in [1.165, 1.54) is 20.2 Å². The summed E-state index contributed by atoms with van der Waals surface area (Å²) in [5, 5.41) is 6.68. The van der Waals surface area contributed by atoms with Crippen molar-refractivity contribution in [2.75, 3.05) is 4.90 Å². The van der Waals surface area contributed by atoms with Gasteiger partial charge in [-0.15, -0.1) is 11.3 Å². The first-order chi connectivity index (χ1) is 28.8. The summed E-state index contributed by atoms with van der Waals surface area (Å²) in [7, 11) is 0. The topological polar surface area (TPSA) is 29.5 Å². The number of furan rings is 2. The summed E-state index contributed by atoms with van der Waals surface area (Å²) in [5.74, 6) is 0. The van der Waals surface area contributed by atoms with E-state index in [0.717, 1.165) is 94.3 Å². The van der Waals surface area contributed by atoms with Gasteiger partial charge in [0.1, 0.15) is 22.3 Å². The molecular formula is C54H33NO2S. The number of para-hydroxylation sites is 2. The lowest BCUT2D eigenvalue weighted by atomic mass is 9.95. The number of thiophene rings is 1. The minimum atomic E-state index is 0.828. The highest BCUT2D eigenvalue weighted by Crippen LogP contribution is 2.54. The second kappa shape index (κ2) is 13.1. The molecule has 0 amide bonds. The number of fused-ring (bicyclic) bond motifs is 9. The van der Waals surface area contributed by atoms with Gasteiger partial charge in [0.15, 0.2) is 0 Å². The van der Waals surface area contributed by atoms with Crippen LogP contribution in [0.4, 0.5) is 17.1 Å². The van der Waals surface area contributed by atoms with E-state index in [9.17, 15) is 0 Å². The van der Waals surface area contributed by atoms with Gasteiger partial charge >= 0.3 is 0 Å². The van der Waals surface area contributed by atoms with E-state index >= 15 is 0 Å². The summed E-state index contributed by atoms with van der Waals surface area (Å²) in [6.45, 7) is 0. The number of nitrogens with zero attached hydrogens (tertiary/aromatic N) is 1. The van der Waals surface area contributed by atoms with Crippen molar-refractivity contribution < 1.29 is 8.83 Å². The molecule has 0 bridgehead atoms. The van der Waals surface area contributed by atoms with Gasteiger partial charge < -0.3 is 13.7 Å². The first-order valence-electron chi connectivity index (χ1n) is 19.6. The summed E-state index contributed by atoms with van der Waals surface area (Å²) in [5.41, 5.74) is 13.1. The second-order valence-electron chi connectivity index (χ2n) is 14.7. The molecule has 0 aliphatic carbocycles. The Kier molecular flexibility index (Phi) is 7.40. The Morgan fingerprint density at radius 3 is 1.64 bits per heavy atom. The zero-order valence-electron chi connectivity index (χ0n) is 31.2. The van der Waals surface area contributed by atoms with Crippen LogP contribution in [0.2, 0.25) is 0 Å². The monoisotopic (exact) mass is 759 g/mol. The maximum Gasteiger partial charge on any atom is 0.145 e. The SMILES string of the molecule is c1ccc(-c2ccc3oc4c(-c5ccccc5)cccc4c3c2N(c2cccc3sc4ccccc4c23)c2ccc(-c3ccccc3)c3oc4ccccc4c23)cc1. The lowest BCUT2D eigenvalue weighted by molar-refractivity contribution is 0.670. The van der Waals surface area contributed by atoms with Gasteiger partial charge in [-0.1, -0.05) is 152 Å². The van der Waals surface area contributed by atoms with Crippen LogP contribution in [0.15, 0.2) is 209 Å². The maximum atomic E-state index is 7.01. The molecule has 0 unspecified atom stereocenters. The Bertz CT molecular complexity index is 3510. The molecule has 0 spiro atoms. The molecule has 0 radical (unpaired) electrons. The van der Waals surface area contributed by atoms with E-state index in [1.807, 2.05) is 11.3 Å². The van der Waals surface area contributed by atoms with Crippen molar-refractivity contribution in [3.05, 3.63) is 200 Å². The summed E-state index contributed by atoms with van der Waals surface area (Å²) in [6.07, 6.45) is 0. The summed E-state index contributed by atoms with van der Waals surface area (Å²) in [4.78, 5) is 2.51. The average molecular weight is 760 g/mol. The van der Waals surface area contributed by atoms with Crippen LogP contribution in [0.25, 0.3) is 97.4 Å². The number of benzene rings is 9. The third kappa shape index (κ3) is 4.99. The smallest absolute Gasteiger partial charge is 0.145 e. The molecule has 12 aromatic rings. The van der Waals surface area contributed by atoms with Crippen LogP contribution >= 0.6 is 11.3 Å². The van der Waals surface area contributed by atoms with Crippen molar-refractivity contribution in [3.8, 4) is 33.4 Å². The molecule has 9 aromatic carbocycles. The van der Waals surface area contributed by atoms with Gasteiger partial charge in [-0.25, -0.2) is 0 Å². The van der Waals surface area contributed by atoms with E-state index in [4.69, 9.17) is 8.83 Å². The lowest BCUT2D eigenvalue weighted by Gasteiger charge is -2.30. The molecule has 0 fully saturated rings. The van der Waals surface area contributed by atoms with Crippen molar-refractivity contribution >= 4 is 92.4 Å².